The van der Waals surface area contributed by atoms with Crippen LogP contribution in [0.5, 0.6) is 0 Å². The summed E-state index contributed by atoms with van der Waals surface area (Å²) < 4.78 is 0. The molecule has 0 fully saturated rings. The minimum Gasteiger partial charge on any atom is -0.478 e. The third kappa shape index (κ3) is 1.69. The smallest absolute Gasteiger partial charge is 0.335 e. The lowest BCUT2D eigenvalue weighted by Gasteiger charge is -1.97. The van der Waals surface area contributed by atoms with E-state index in [2.05, 4.69) is 0 Å². The number of aromatic carboxylic acids is 1. The first kappa shape index (κ1) is 8.46. The average molecular weight is 163 g/mol. The summed E-state index contributed by atoms with van der Waals surface area (Å²) in [6.07, 6.45) is 0. The standard InChI is InChI=1S/C9H9NO2/c1-6(10)7-2-4-8(5-3-7)9(11)12/h2-5,10H,1H3,(H,11,12). The quantitative estimate of drug-likeness (QED) is 0.652. The Kier molecular flexibility index (Phi) is 2.24. The van der Waals surface area contributed by atoms with Crippen LogP contribution >= 0.6 is 0 Å². The van der Waals surface area contributed by atoms with Gasteiger partial charge in [0.2, 0.25) is 0 Å². The van der Waals surface area contributed by atoms with Crippen LogP contribution in [0.3, 0.4) is 0 Å². The number of benzene rings is 1. The summed E-state index contributed by atoms with van der Waals surface area (Å²) in [5, 5.41) is 15.8. The predicted molar refractivity (Wildman–Crippen MR) is 45.9 cm³/mol. The topological polar surface area (TPSA) is 61.2 Å². The second kappa shape index (κ2) is 3.17. The van der Waals surface area contributed by atoms with Crippen molar-refractivity contribution >= 4 is 11.7 Å². The van der Waals surface area contributed by atoms with E-state index >= 15 is 0 Å². The Morgan fingerprint density at radius 1 is 1.25 bits per heavy atom. The van der Waals surface area contributed by atoms with Crippen molar-refractivity contribution in [1.82, 2.24) is 0 Å². The summed E-state index contributed by atoms with van der Waals surface area (Å²) in [4.78, 5) is 10.4. The molecule has 0 atom stereocenters. The number of rotatable bonds is 2. The highest BCUT2D eigenvalue weighted by molar-refractivity contribution is 5.97. The molecule has 0 bridgehead atoms. The van der Waals surface area contributed by atoms with Gasteiger partial charge in [0.1, 0.15) is 0 Å². The van der Waals surface area contributed by atoms with E-state index in [-0.39, 0.29) is 5.56 Å². The zero-order valence-corrected chi connectivity index (χ0v) is 6.66. The number of nitrogens with one attached hydrogen (secondary N) is 1. The van der Waals surface area contributed by atoms with Gasteiger partial charge >= 0.3 is 5.97 Å². The van der Waals surface area contributed by atoms with Crippen LogP contribution in [0.1, 0.15) is 22.8 Å². The fraction of sp³-hybridized carbons (Fsp3) is 0.111. The molecule has 1 rings (SSSR count). The second-order valence-electron chi connectivity index (χ2n) is 2.51. The van der Waals surface area contributed by atoms with E-state index < -0.39 is 5.97 Å². The minimum absolute atomic E-state index is 0.250. The molecule has 1 aromatic carbocycles. The lowest BCUT2D eigenvalue weighted by molar-refractivity contribution is 0.0697. The molecule has 0 heterocycles. The fourth-order valence-corrected chi connectivity index (χ4v) is 0.863. The molecule has 0 unspecified atom stereocenters. The minimum atomic E-state index is -0.941. The third-order valence-corrected chi connectivity index (χ3v) is 1.56. The van der Waals surface area contributed by atoms with Crippen LogP contribution in [0.4, 0.5) is 0 Å². The molecule has 12 heavy (non-hydrogen) atoms. The van der Waals surface area contributed by atoms with Crippen LogP contribution in [0, 0.1) is 5.41 Å². The van der Waals surface area contributed by atoms with E-state index in [0.717, 1.165) is 5.56 Å². The molecule has 2 N–H and O–H groups in total. The molecule has 0 amide bonds. The average Bonchev–Trinajstić information content (AvgIpc) is 2.04. The predicted octanol–water partition coefficient (Wildman–Crippen LogP) is 1.77. The molecular weight excluding hydrogens is 154 g/mol. The summed E-state index contributed by atoms with van der Waals surface area (Å²) in [5.41, 5.74) is 1.44. The van der Waals surface area contributed by atoms with Gasteiger partial charge in [-0.25, -0.2) is 4.79 Å². The monoisotopic (exact) mass is 163 g/mol. The summed E-state index contributed by atoms with van der Waals surface area (Å²) in [6.45, 7) is 1.66. The summed E-state index contributed by atoms with van der Waals surface area (Å²) in [5.74, 6) is -0.941. The van der Waals surface area contributed by atoms with Crippen LogP contribution < -0.4 is 0 Å². The first-order chi connectivity index (χ1) is 5.61. The molecule has 62 valence electrons. The van der Waals surface area contributed by atoms with Gasteiger partial charge in [0, 0.05) is 5.71 Å². The molecule has 0 aromatic heterocycles. The van der Waals surface area contributed by atoms with Crippen molar-refractivity contribution in [2.45, 2.75) is 6.92 Å². The van der Waals surface area contributed by atoms with E-state index in [9.17, 15) is 4.79 Å². The lowest BCUT2D eigenvalue weighted by Crippen LogP contribution is -1.97. The van der Waals surface area contributed by atoms with Gasteiger partial charge in [-0.3, -0.25) is 0 Å². The van der Waals surface area contributed by atoms with Crippen LogP contribution in [0.15, 0.2) is 24.3 Å². The van der Waals surface area contributed by atoms with Crippen molar-refractivity contribution in [3.8, 4) is 0 Å². The van der Waals surface area contributed by atoms with Gasteiger partial charge in [0.15, 0.2) is 0 Å². The van der Waals surface area contributed by atoms with Crippen molar-refractivity contribution in [2.75, 3.05) is 0 Å². The first-order valence-corrected chi connectivity index (χ1v) is 3.50. The van der Waals surface area contributed by atoms with E-state index in [1.165, 1.54) is 12.1 Å². The van der Waals surface area contributed by atoms with Gasteiger partial charge in [0.05, 0.1) is 5.56 Å². The number of carboxylic acids is 1. The zero-order valence-electron chi connectivity index (χ0n) is 6.66. The van der Waals surface area contributed by atoms with Crippen LogP contribution in [0.2, 0.25) is 0 Å². The molecule has 0 radical (unpaired) electrons. The molecule has 0 saturated heterocycles. The van der Waals surface area contributed by atoms with E-state index in [0.29, 0.717) is 5.71 Å². The Morgan fingerprint density at radius 3 is 2.00 bits per heavy atom. The molecule has 0 aliphatic heterocycles. The van der Waals surface area contributed by atoms with Crippen molar-refractivity contribution in [3.63, 3.8) is 0 Å². The van der Waals surface area contributed by atoms with Crippen molar-refractivity contribution in [2.24, 2.45) is 0 Å². The van der Waals surface area contributed by atoms with Crippen LogP contribution in [-0.4, -0.2) is 16.8 Å². The molecule has 0 aliphatic rings. The highest BCUT2D eigenvalue weighted by Gasteiger charge is 2.01. The molecule has 1 aromatic rings. The number of carbonyl (C=O) groups is 1. The Labute approximate surface area is 70.2 Å². The van der Waals surface area contributed by atoms with Crippen molar-refractivity contribution < 1.29 is 9.90 Å². The van der Waals surface area contributed by atoms with Crippen molar-refractivity contribution in [1.29, 1.82) is 5.41 Å². The van der Waals surface area contributed by atoms with Gasteiger partial charge < -0.3 is 10.5 Å². The molecule has 0 aliphatic carbocycles. The van der Waals surface area contributed by atoms with E-state index in [1.807, 2.05) is 0 Å². The van der Waals surface area contributed by atoms with E-state index in [4.69, 9.17) is 10.5 Å². The highest BCUT2D eigenvalue weighted by Crippen LogP contribution is 2.04. The maximum Gasteiger partial charge on any atom is 0.335 e. The molecular formula is C9H9NO2. The fourth-order valence-electron chi connectivity index (χ4n) is 0.863. The molecule has 0 spiro atoms. The normalized spacial score (nSPS) is 9.42. The Morgan fingerprint density at radius 2 is 1.67 bits per heavy atom. The maximum absolute atomic E-state index is 10.4. The van der Waals surface area contributed by atoms with Crippen LogP contribution in [0.25, 0.3) is 0 Å². The second-order valence-corrected chi connectivity index (χ2v) is 2.51. The Balaban J connectivity index is 3.01. The summed E-state index contributed by atoms with van der Waals surface area (Å²) in [6, 6.07) is 6.25. The number of hydrogen-bond acceptors (Lipinski definition) is 2. The lowest BCUT2D eigenvalue weighted by atomic mass is 10.1. The first-order valence-electron chi connectivity index (χ1n) is 3.50. The highest BCUT2D eigenvalue weighted by atomic mass is 16.4. The maximum atomic E-state index is 10.4. The molecule has 3 nitrogen and oxygen atoms in total. The largest absolute Gasteiger partial charge is 0.478 e. The molecule has 3 heteroatoms. The molecule has 0 saturated carbocycles. The summed E-state index contributed by atoms with van der Waals surface area (Å²) >= 11 is 0. The zero-order chi connectivity index (χ0) is 9.14. The van der Waals surface area contributed by atoms with Gasteiger partial charge in [-0.1, -0.05) is 12.1 Å². The van der Waals surface area contributed by atoms with Gasteiger partial charge in [-0.2, -0.15) is 0 Å². The Bertz CT molecular complexity index is 281. The third-order valence-electron chi connectivity index (χ3n) is 1.56. The van der Waals surface area contributed by atoms with Gasteiger partial charge in [0.25, 0.3) is 0 Å². The number of hydrogen-bond donors (Lipinski definition) is 2. The number of carboxylic acid groups (broad SMARTS) is 1. The Hall–Kier alpha value is -1.64. The van der Waals surface area contributed by atoms with Gasteiger partial charge in [-0.15, -0.1) is 0 Å². The van der Waals surface area contributed by atoms with E-state index in [1.54, 1.807) is 19.1 Å². The summed E-state index contributed by atoms with van der Waals surface area (Å²) in [7, 11) is 0. The SMILES string of the molecule is CC(=N)c1ccc(C(=O)O)cc1. The van der Waals surface area contributed by atoms with Crippen LogP contribution in [-0.2, 0) is 0 Å². The van der Waals surface area contributed by atoms with Gasteiger partial charge in [-0.05, 0) is 24.6 Å². The van der Waals surface area contributed by atoms with Crippen molar-refractivity contribution in [3.05, 3.63) is 35.4 Å².